The topological polar surface area (TPSA) is 48.2 Å². The van der Waals surface area contributed by atoms with Gasteiger partial charge in [0.15, 0.2) is 0 Å². The van der Waals surface area contributed by atoms with Crippen LogP contribution in [0.4, 0.5) is 4.39 Å². The van der Waals surface area contributed by atoms with Crippen LogP contribution < -0.4 is 4.74 Å². The van der Waals surface area contributed by atoms with Crippen molar-refractivity contribution in [2.45, 2.75) is 6.42 Å². The number of para-hydroxylation sites is 1. The first-order valence-corrected chi connectivity index (χ1v) is 9.72. The molecule has 0 amide bonds. The van der Waals surface area contributed by atoms with Crippen LogP contribution in [-0.4, -0.2) is 10.2 Å². The fourth-order valence-corrected chi connectivity index (χ4v) is 2.95. The lowest BCUT2D eigenvalue weighted by Crippen LogP contribution is -1.87. The lowest BCUT2D eigenvalue weighted by atomic mass is 10.1. The number of halogens is 2. The van der Waals surface area contributed by atoms with Crippen LogP contribution in [0, 0.1) is 5.82 Å². The fourth-order valence-electron chi connectivity index (χ4n) is 2.68. The SMILES string of the molecule is Fc1ccc(Oc2ccccc2C=Cc2nnc(Cc3ccc(Br)cc3)o2)cc1. The second-order valence-corrected chi connectivity index (χ2v) is 7.18. The molecule has 0 atom stereocenters. The van der Waals surface area contributed by atoms with Gasteiger partial charge in [0, 0.05) is 16.1 Å². The Balaban J connectivity index is 1.47. The first kappa shape index (κ1) is 19.1. The van der Waals surface area contributed by atoms with Crippen LogP contribution in [0.1, 0.15) is 22.9 Å². The first-order chi connectivity index (χ1) is 14.2. The maximum Gasteiger partial charge on any atom is 0.240 e. The molecule has 144 valence electrons. The number of ether oxygens (including phenoxy) is 1. The summed E-state index contributed by atoms with van der Waals surface area (Å²) in [5, 5.41) is 8.17. The molecule has 0 bridgehead atoms. The van der Waals surface area contributed by atoms with E-state index in [-0.39, 0.29) is 5.82 Å². The molecule has 0 aliphatic carbocycles. The molecule has 0 spiro atoms. The lowest BCUT2D eigenvalue weighted by molar-refractivity contribution is 0.479. The molecule has 1 heterocycles. The quantitative estimate of drug-likeness (QED) is 0.335. The molecule has 4 aromatic rings. The molecule has 0 fully saturated rings. The Kier molecular flexibility index (Phi) is 5.81. The highest BCUT2D eigenvalue weighted by Gasteiger charge is 2.06. The molecule has 29 heavy (non-hydrogen) atoms. The van der Waals surface area contributed by atoms with Gasteiger partial charge in [-0.25, -0.2) is 4.39 Å². The third-order valence-electron chi connectivity index (χ3n) is 4.12. The van der Waals surface area contributed by atoms with Crippen molar-refractivity contribution in [2.75, 3.05) is 0 Å². The van der Waals surface area contributed by atoms with Crippen molar-refractivity contribution in [3.05, 3.63) is 106 Å². The molecule has 4 nitrogen and oxygen atoms in total. The molecule has 0 N–H and O–H groups in total. The van der Waals surface area contributed by atoms with Crippen molar-refractivity contribution in [3.8, 4) is 11.5 Å². The third-order valence-corrected chi connectivity index (χ3v) is 4.65. The van der Waals surface area contributed by atoms with Gasteiger partial charge in [-0.15, -0.1) is 10.2 Å². The molecule has 0 saturated heterocycles. The van der Waals surface area contributed by atoms with Gasteiger partial charge < -0.3 is 9.15 Å². The van der Waals surface area contributed by atoms with Gasteiger partial charge in [-0.1, -0.05) is 46.3 Å². The summed E-state index contributed by atoms with van der Waals surface area (Å²) in [5.41, 5.74) is 1.93. The Morgan fingerprint density at radius 2 is 1.66 bits per heavy atom. The zero-order chi connectivity index (χ0) is 20.1. The number of rotatable bonds is 6. The highest BCUT2D eigenvalue weighted by molar-refractivity contribution is 9.10. The summed E-state index contributed by atoms with van der Waals surface area (Å²) in [6.45, 7) is 0. The van der Waals surface area contributed by atoms with Gasteiger partial charge in [0.25, 0.3) is 0 Å². The number of aromatic nitrogens is 2. The Bertz CT molecular complexity index is 1120. The molecule has 0 unspecified atom stereocenters. The summed E-state index contributed by atoms with van der Waals surface area (Å²) < 4.78 is 25.7. The fraction of sp³-hybridized carbons (Fsp3) is 0.0435. The normalized spacial score (nSPS) is 11.1. The molecule has 4 rings (SSSR count). The van der Waals surface area contributed by atoms with Crippen LogP contribution in [0.15, 0.2) is 81.7 Å². The molecule has 3 aromatic carbocycles. The largest absolute Gasteiger partial charge is 0.457 e. The molecular weight excluding hydrogens is 435 g/mol. The van der Waals surface area contributed by atoms with Gasteiger partial charge in [0.1, 0.15) is 17.3 Å². The van der Waals surface area contributed by atoms with Crippen LogP contribution in [0.2, 0.25) is 0 Å². The number of nitrogens with zero attached hydrogens (tertiary/aromatic N) is 2. The van der Waals surface area contributed by atoms with Gasteiger partial charge in [-0.2, -0.15) is 0 Å². The highest BCUT2D eigenvalue weighted by Crippen LogP contribution is 2.27. The molecule has 1 aromatic heterocycles. The summed E-state index contributed by atoms with van der Waals surface area (Å²) in [6.07, 6.45) is 4.15. The molecule has 0 radical (unpaired) electrons. The second kappa shape index (κ2) is 8.84. The van der Waals surface area contributed by atoms with Crippen molar-refractivity contribution in [2.24, 2.45) is 0 Å². The van der Waals surface area contributed by atoms with E-state index in [2.05, 4.69) is 26.1 Å². The van der Waals surface area contributed by atoms with E-state index in [9.17, 15) is 4.39 Å². The van der Waals surface area contributed by atoms with E-state index in [0.717, 1.165) is 15.6 Å². The average Bonchev–Trinajstić information content (AvgIpc) is 3.18. The molecule has 0 saturated carbocycles. The van der Waals surface area contributed by atoms with Crippen LogP contribution >= 0.6 is 15.9 Å². The van der Waals surface area contributed by atoms with Gasteiger partial charge in [-0.05, 0) is 54.1 Å². The maximum absolute atomic E-state index is 13.1. The van der Waals surface area contributed by atoms with Gasteiger partial charge >= 0.3 is 0 Å². The van der Waals surface area contributed by atoms with Crippen molar-refractivity contribution >= 4 is 28.1 Å². The summed E-state index contributed by atoms with van der Waals surface area (Å²) in [5.74, 6) is 1.85. The average molecular weight is 451 g/mol. The van der Waals surface area contributed by atoms with Crippen LogP contribution in [0.25, 0.3) is 12.2 Å². The van der Waals surface area contributed by atoms with Crippen LogP contribution in [0.3, 0.4) is 0 Å². The summed E-state index contributed by atoms with van der Waals surface area (Å²) in [7, 11) is 0. The highest BCUT2D eigenvalue weighted by atomic mass is 79.9. The van der Waals surface area contributed by atoms with Crippen molar-refractivity contribution < 1.29 is 13.5 Å². The minimum absolute atomic E-state index is 0.305. The van der Waals surface area contributed by atoms with E-state index in [4.69, 9.17) is 9.15 Å². The van der Waals surface area contributed by atoms with E-state index < -0.39 is 0 Å². The standard InChI is InChI=1S/C23H16BrFN2O2/c24-18-8-5-16(6-9-18)15-23-27-26-22(29-23)14-7-17-3-1-2-4-21(17)28-20-12-10-19(25)11-13-20/h1-14H,15H2. The molecule has 0 aliphatic rings. The van der Waals surface area contributed by atoms with E-state index in [0.29, 0.717) is 29.7 Å². The van der Waals surface area contributed by atoms with Gasteiger partial charge in [-0.3, -0.25) is 0 Å². The molecular formula is C23H16BrFN2O2. The predicted molar refractivity (Wildman–Crippen MR) is 113 cm³/mol. The van der Waals surface area contributed by atoms with Crippen molar-refractivity contribution in [3.63, 3.8) is 0 Å². The van der Waals surface area contributed by atoms with Crippen molar-refractivity contribution in [1.29, 1.82) is 0 Å². The molecule has 0 aliphatic heterocycles. The lowest BCUT2D eigenvalue weighted by Gasteiger charge is -2.08. The second-order valence-electron chi connectivity index (χ2n) is 6.26. The van der Waals surface area contributed by atoms with Crippen LogP contribution in [-0.2, 0) is 6.42 Å². The first-order valence-electron chi connectivity index (χ1n) is 8.93. The smallest absolute Gasteiger partial charge is 0.240 e. The molecule has 6 heteroatoms. The van der Waals surface area contributed by atoms with E-state index >= 15 is 0 Å². The zero-order valence-corrected chi connectivity index (χ0v) is 16.8. The van der Waals surface area contributed by atoms with E-state index in [1.165, 1.54) is 12.1 Å². The predicted octanol–water partition coefficient (Wildman–Crippen LogP) is 6.52. The summed E-state index contributed by atoms with van der Waals surface area (Å²) in [6, 6.07) is 21.4. The van der Waals surface area contributed by atoms with Crippen LogP contribution in [0.5, 0.6) is 11.5 Å². The number of hydrogen-bond acceptors (Lipinski definition) is 4. The maximum atomic E-state index is 13.1. The number of hydrogen-bond donors (Lipinski definition) is 0. The van der Waals surface area contributed by atoms with E-state index in [1.54, 1.807) is 18.2 Å². The van der Waals surface area contributed by atoms with E-state index in [1.807, 2.05) is 54.6 Å². The summed E-state index contributed by atoms with van der Waals surface area (Å²) >= 11 is 3.42. The minimum Gasteiger partial charge on any atom is -0.457 e. The number of benzene rings is 3. The van der Waals surface area contributed by atoms with Gasteiger partial charge in [0.2, 0.25) is 11.8 Å². The summed E-state index contributed by atoms with van der Waals surface area (Å²) in [4.78, 5) is 0. The Morgan fingerprint density at radius 1 is 0.897 bits per heavy atom. The third kappa shape index (κ3) is 5.18. The Labute approximate surface area is 175 Å². The monoisotopic (exact) mass is 450 g/mol. The van der Waals surface area contributed by atoms with Crippen molar-refractivity contribution in [1.82, 2.24) is 10.2 Å². The zero-order valence-electron chi connectivity index (χ0n) is 15.3. The van der Waals surface area contributed by atoms with Gasteiger partial charge in [0.05, 0.1) is 6.42 Å². The Morgan fingerprint density at radius 3 is 2.45 bits per heavy atom. The Hall–Kier alpha value is -3.25. The minimum atomic E-state index is -0.305.